The second-order valence-corrected chi connectivity index (χ2v) is 4.38. The molecule has 0 saturated heterocycles. The first kappa shape index (κ1) is 11.0. The van der Waals surface area contributed by atoms with Crippen molar-refractivity contribution in [3.63, 3.8) is 0 Å². The van der Waals surface area contributed by atoms with E-state index in [1.54, 1.807) is 35.0 Å². The van der Waals surface area contributed by atoms with E-state index >= 15 is 0 Å². The molecule has 16 heavy (non-hydrogen) atoms. The summed E-state index contributed by atoms with van der Waals surface area (Å²) in [6.45, 7) is 0. The lowest BCUT2D eigenvalue weighted by Crippen LogP contribution is -2.12. The Bertz CT molecular complexity index is 507. The van der Waals surface area contributed by atoms with Crippen molar-refractivity contribution in [2.75, 3.05) is 11.1 Å². The van der Waals surface area contributed by atoms with E-state index in [2.05, 4.69) is 5.32 Å². The summed E-state index contributed by atoms with van der Waals surface area (Å²) in [7, 11) is 0. The summed E-state index contributed by atoms with van der Waals surface area (Å²) in [5.74, 6) is -0.207. The molecule has 0 unspecified atom stereocenters. The van der Waals surface area contributed by atoms with Crippen LogP contribution in [0.25, 0.3) is 0 Å². The number of halogens is 1. The van der Waals surface area contributed by atoms with Gasteiger partial charge in [-0.1, -0.05) is 11.6 Å². The summed E-state index contributed by atoms with van der Waals surface area (Å²) in [6.07, 6.45) is 0. The van der Waals surface area contributed by atoms with Gasteiger partial charge in [0.2, 0.25) is 0 Å². The van der Waals surface area contributed by atoms with Gasteiger partial charge in [-0.15, -0.1) is 11.3 Å². The lowest BCUT2D eigenvalue weighted by Gasteiger charge is -2.04. The van der Waals surface area contributed by atoms with E-state index in [9.17, 15) is 4.79 Å². The van der Waals surface area contributed by atoms with Crippen molar-refractivity contribution < 1.29 is 4.79 Å². The zero-order valence-corrected chi connectivity index (χ0v) is 9.81. The molecular formula is C11H9ClN2OS. The first-order valence-corrected chi connectivity index (χ1v) is 5.87. The minimum atomic E-state index is -0.207. The van der Waals surface area contributed by atoms with E-state index in [1.165, 1.54) is 11.3 Å². The highest BCUT2D eigenvalue weighted by molar-refractivity contribution is 7.08. The van der Waals surface area contributed by atoms with Gasteiger partial charge in [-0.2, -0.15) is 0 Å². The fraction of sp³-hybridized carbons (Fsp3) is 0. The lowest BCUT2D eigenvalue weighted by atomic mass is 10.2. The minimum Gasteiger partial charge on any atom is -0.397 e. The molecule has 1 amide bonds. The van der Waals surface area contributed by atoms with Gasteiger partial charge in [0.15, 0.2) is 0 Å². The monoisotopic (exact) mass is 252 g/mol. The van der Waals surface area contributed by atoms with Crippen LogP contribution in [-0.4, -0.2) is 5.91 Å². The van der Waals surface area contributed by atoms with E-state index in [0.29, 0.717) is 22.0 Å². The molecule has 1 aromatic heterocycles. The van der Waals surface area contributed by atoms with Gasteiger partial charge < -0.3 is 11.1 Å². The van der Waals surface area contributed by atoms with Crippen LogP contribution in [0, 0.1) is 0 Å². The van der Waals surface area contributed by atoms with Gasteiger partial charge in [0.25, 0.3) is 5.91 Å². The van der Waals surface area contributed by atoms with Crippen molar-refractivity contribution >= 4 is 40.2 Å². The molecule has 0 aliphatic heterocycles. The van der Waals surface area contributed by atoms with Crippen LogP contribution in [0.2, 0.25) is 5.02 Å². The summed E-state index contributed by atoms with van der Waals surface area (Å²) in [5.41, 5.74) is 7.34. The second kappa shape index (κ2) is 4.55. The molecule has 0 aliphatic carbocycles. The molecule has 1 heterocycles. The summed E-state index contributed by atoms with van der Waals surface area (Å²) in [5, 5.41) is 6.83. The van der Waals surface area contributed by atoms with Gasteiger partial charge in [-0.25, -0.2) is 0 Å². The molecule has 3 nitrogen and oxygen atoms in total. The van der Waals surface area contributed by atoms with Gasteiger partial charge in [0.1, 0.15) is 0 Å². The van der Waals surface area contributed by atoms with Crippen LogP contribution >= 0.6 is 22.9 Å². The molecule has 0 spiro atoms. The average molecular weight is 253 g/mol. The molecule has 0 bridgehead atoms. The Balaban J connectivity index is 2.14. The van der Waals surface area contributed by atoms with Gasteiger partial charge in [-0.3, -0.25) is 4.79 Å². The van der Waals surface area contributed by atoms with Crippen molar-refractivity contribution in [1.82, 2.24) is 0 Å². The highest BCUT2D eigenvalue weighted by Gasteiger charge is 2.10. The first-order chi connectivity index (χ1) is 7.66. The molecule has 0 atom stereocenters. The number of nitrogens with two attached hydrogens (primary N) is 1. The number of carbonyl (C=O) groups is 1. The third-order valence-corrected chi connectivity index (χ3v) is 3.05. The van der Waals surface area contributed by atoms with Crippen LogP contribution in [0.1, 0.15) is 10.4 Å². The zero-order valence-electron chi connectivity index (χ0n) is 8.24. The minimum absolute atomic E-state index is 0.207. The first-order valence-electron chi connectivity index (χ1n) is 4.55. The van der Waals surface area contributed by atoms with Gasteiger partial charge in [0, 0.05) is 21.5 Å². The molecule has 1 aromatic carbocycles. The topological polar surface area (TPSA) is 55.1 Å². The molecule has 0 fully saturated rings. The number of anilines is 2. The fourth-order valence-electron chi connectivity index (χ4n) is 1.22. The summed E-state index contributed by atoms with van der Waals surface area (Å²) < 4.78 is 0. The lowest BCUT2D eigenvalue weighted by molar-refractivity contribution is 0.102. The normalized spacial score (nSPS) is 10.1. The Hall–Kier alpha value is -1.52. The molecule has 82 valence electrons. The van der Waals surface area contributed by atoms with Crippen LogP contribution in [0.3, 0.4) is 0 Å². The van der Waals surface area contributed by atoms with E-state index in [0.717, 1.165) is 0 Å². The maximum Gasteiger partial charge on any atom is 0.258 e. The number of thiophene rings is 1. The average Bonchev–Trinajstić information content (AvgIpc) is 2.68. The zero-order chi connectivity index (χ0) is 11.5. The maximum absolute atomic E-state index is 11.8. The Labute approximate surface area is 102 Å². The summed E-state index contributed by atoms with van der Waals surface area (Å²) in [4.78, 5) is 11.8. The van der Waals surface area contributed by atoms with Crippen molar-refractivity contribution in [1.29, 1.82) is 0 Å². The Morgan fingerprint density at radius 2 is 1.94 bits per heavy atom. The van der Waals surface area contributed by atoms with Crippen LogP contribution in [0.15, 0.2) is 35.0 Å². The predicted octanol–water partition coefficient (Wildman–Crippen LogP) is 3.24. The number of rotatable bonds is 2. The van der Waals surface area contributed by atoms with Gasteiger partial charge in [-0.05, 0) is 24.3 Å². The summed E-state index contributed by atoms with van der Waals surface area (Å²) >= 11 is 7.14. The molecule has 0 saturated carbocycles. The van der Waals surface area contributed by atoms with E-state index in [1.807, 2.05) is 0 Å². The Morgan fingerprint density at radius 3 is 2.50 bits per heavy atom. The van der Waals surface area contributed by atoms with Gasteiger partial charge in [0.05, 0.1) is 11.3 Å². The third kappa shape index (κ3) is 2.35. The standard InChI is InChI=1S/C11H9ClN2OS/c12-7-1-3-8(4-2-7)14-11(15)9-5-16-6-10(9)13/h1-6H,13H2,(H,14,15). The Kier molecular flexibility index (Phi) is 3.12. The second-order valence-electron chi connectivity index (χ2n) is 3.20. The highest BCUT2D eigenvalue weighted by Crippen LogP contribution is 2.19. The number of amides is 1. The molecule has 3 N–H and O–H groups in total. The SMILES string of the molecule is Nc1cscc1C(=O)Nc1ccc(Cl)cc1. The molecule has 2 aromatic rings. The smallest absolute Gasteiger partial charge is 0.258 e. The number of nitrogens with one attached hydrogen (secondary N) is 1. The van der Waals surface area contributed by atoms with Crippen molar-refractivity contribution in [3.05, 3.63) is 45.6 Å². The number of nitrogen functional groups attached to an aromatic ring is 1. The van der Waals surface area contributed by atoms with Crippen LogP contribution in [0.4, 0.5) is 11.4 Å². The number of benzene rings is 1. The largest absolute Gasteiger partial charge is 0.397 e. The van der Waals surface area contributed by atoms with Crippen molar-refractivity contribution in [2.24, 2.45) is 0 Å². The van der Waals surface area contributed by atoms with Crippen LogP contribution in [-0.2, 0) is 0 Å². The van der Waals surface area contributed by atoms with E-state index in [4.69, 9.17) is 17.3 Å². The van der Waals surface area contributed by atoms with E-state index < -0.39 is 0 Å². The van der Waals surface area contributed by atoms with Crippen LogP contribution < -0.4 is 11.1 Å². The molecule has 0 aliphatic rings. The predicted molar refractivity (Wildman–Crippen MR) is 68.1 cm³/mol. The quantitative estimate of drug-likeness (QED) is 0.862. The maximum atomic E-state index is 11.8. The number of carbonyl (C=O) groups excluding carboxylic acids is 1. The fourth-order valence-corrected chi connectivity index (χ4v) is 2.07. The van der Waals surface area contributed by atoms with Crippen molar-refractivity contribution in [2.45, 2.75) is 0 Å². The number of hydrogen-bond acceptors (Lipinski definition) is 3. The molecule has 0 radical (unpaired) electrons. The highest BCUT2D eigenvalue weighted by atomic mass is 35.5. The molecular weight excluding hydrogens is 244 g/mol. The third-order valence-electron chi connectivity index (χ3n) is 2.04. The van der Waals surface area contributed by atoms with E-state index in [-0.39, 0.29) is 5.91 Å². The molecule has 2 rings (SSSR count). The molecule has 5 heteroatoms. The van der Waals surface area contributed by atoms with Gasteiger partial charge >= 0.3 is 0 Å². The van der Waals surface area contributed by atoms with Crippen molar-refractivity contribution in [3.8, 4) is 0 Å². The Morgan fingerprint density at radius 1 is 1.25 bits per heavy atom. The van der Waals surface area contributed by atoms with Crippen LogP contribution in [0.5, 0.6) is 0 Å². The number of hydrogen-bond donors (Lipinski definition) is 2. The summed E-state index contributed by atoms with van der Waals surface area (Å²) in [6, 6.07) is 6.91.